The van der Waals surface area contributed by atoms with Gasteiger partial charge >= 0.3 is 5.97 Å². The molecule has 5 amide bonds. The van der Waals surface area contributed by atoms with Crippen LogP contribution in [0, 0.1) is 11.8 Å². The van der Waals surface area contributed by atoms with Crippen LogP contribution < -0.4 is 50.4 Å². The van der Waals surface area contributed by atoms with E-state index in [-0.39, 0.29) is 88.3 Å². The van der Waals surface area contributed by atoms with Crippen molar-refractivity contribution in [3.05, 3.63) is 29.8 Å². The summed E-state index contributed by atoms with van der Waals surface area (Å²) < 4.78 is 0. The van der Waals surface area contributed by atoms with Crippen molar-refractivity contribution in [3.8, 4) is 5.75 Å². The first kappa shape index (κ1) is 50.4. The molecule has 0 bridgehead atoms. The van der Waals surface area contributed by atoms with E-state index in [1.807, 2.05) is 20.8 Å². The Labute approximate surface area is 351 Å². The van der Waals surface area contributed by atoms with E-state index in [1.165, 1.54) is 21.9 Å². The average Bonchev–Trinajstić information content (AvgIpc) is 3.58. The second-order valence-corrected chi connectivity index (χ2v) is 15.7. The van der Waals surface area contributed by atoms with Crippen LogP contribution in [0.5, 0.6) is 5.75 Å². The molecule has 1 aliphatic heterocycles. The Bertz CT molecular complexity index is 1650. The molecule has 336 valence electrons. The van der Waals surface area contributed by atoms with E-state index in [2.05, 4.69) is 25.9 Å². The maximum atomic E-state index is 14.6. The third kappa shape index (κ3) is 17.3. The van der Waals surface area contributed by atoms with E-state index in [0.717, 1.165) is 5.56 Å². The number of aromatic hydroxyl groups is 1. The molecule has 2 rings (SSSR count). The van der Waals surface area contributed by atoms with Crippen LogP contribution in [-0.2, 0) is 35.2 Å². The number of aliphatic imine (C=N–C) groups is 2. The Kier molecular flexibility index (Phi) is 21.1. The van der Waals surface area contributed by atoms with Crippen LogP contribution in [0.2, 0.25) is 0 Å². The molecule has 7 atom stereocenters. The number of carbonyl (C=O) groups is 6. The summed E-state index contributed by atoms with van der Waals surface area (Å²) in [5, 5.41) is 27.5. The minimum Gasteiger partial charge on any atom is -0.508 e. The Morgan fingerprint density at radius 3 is 2.02 bits per heavy atom. The maximum Gasteiger partial charge on any atom is 0.326 e. The van der Waals surface area contributed by atoms with Crippen LogP contribution >= 0.6 is 0 Å². The van der Waals surface area contributed by atoms with Crippen molar-refractivity contribution in [1.82, 2.24) is 25.8 Å². The van der Waals surface area contributed by atoms with Gasteiger partial charge in [-0.3, -0.25) is 34.0 Å². The lowest BCUT2D eigenvalue weighted by atomic mass is 9.97. The third-order valence-electron chi connectivity index (χ3n) is 10.2. The zero-order valence-corrected chi connectivity index (χ0v) is 35.2. The summed E-state index contributed by atoms with van der Waals surface area (Å²) in [6.07, 6.45) is 1.91. The van der Waals surface area contributed by atoms with Gasteiger partial charge in [-0.25, -0.2) is 4.79 Å². The molecule has 1 saturated heterocycles. The predicted molar refractivity (Wildman–Crippen MR) is 227 cm³/mol. The Morgan fingerprint density at radius 2 is 1.47 bits per heavy atom. The Morgan fingerprint density at radius 1 is 0.883 bits per heavy atom. The average molecular weight is 846 g/mol. The Balaban J connectivity index is 2.42. The predicted octanol–water partition coefficient (Wildman–Crippen LogP) is -2.24. The maximum absolute atomic E-state index is 14.6. The summed E-state index contributed by atoms with van der Waals surface area (Å²) in [4.78, 5) is 91.8. The lowest BCUT2D eigenvalue weighted by Crippen LogP contribution is -2.58. The number of likely N-dealkylation sites (tertiary alicyclic amines) is 1. The largest absolute Gasteiger partial charge is 0.508 e. The number of hydrogen-bond donors (Lipinski definition) is 11. The zero-order valence-electron chi connectivity index (χ0n) is 35.2. The molecule has 1 heterocycles. The highest BCUT2D eigenvalue weighted by molar-refractivity contribution is 5.96. The van der Waals surface area contributed by atoms with Gasteiger partial charge in [0.1, 0.15) is 29.9 Å². The summed E-state index contributed by atoms with van der Waals surface area (Å²) in [5.41, 5.74) is 35.0. The monoisotopic (exact) mass is 846 g/mol. The fourth-order valence-electron chi connectivity index (χ4n) is 6.69. The highest BCUT2D eigenvalue weighted by Crippen LogP contribution is 2.22. The third-order valence-corrected chi connectivity index (χ3v) is 10.2. The molecule has 0 radical (unpaired) electrons. The lowest BCUT2D eigenvalue weighted by molar-refractivity contribution is -0.147. The van der Waals surface area contributed by atoms with Gasteiger partial charge in [0.2, 0.25) is 29.5 Å². The highest BCUT2D eigenvalue weighted by Gasteiger charge is 2.43. The molecule has 1 aromatic carbocycles. The number of phenols is 1. The molecule has 0 saturated carbocycles. The molecule has 1 aliphatic rings. The molecular formula is C39H67N13O8. The van der Waals surface area contributed by atoms with Gasteiger partial charge in [-0.15, -0.1) is 0 Å². The highest BCUT2D eigenvalue weighted by atomic mass is 16.4. The Hall–Kier alpha value is -5.70. The van der Waals surface area contributed by atoms with Crippen LogP contribution in [0.1, 0.15) is 78.2 Å². The van der Waals surface area contributed by atoms with Crippen LogP contribution in [0.15, 0.2) is 34.3 Å². The first-order valence-electron chi connectivity index (χ1n) is 20.4. The second-order valence-electron chi connectivity index (χ2n) is 15.7. The molecule has 1 aromatic rings. The van der Waals surface area contributed by atoms with E-state index < -0.39 is 84.2 Å². The summed E-state index contributed by atoms with van der Waals surface area (Å²) in [6, 6.07) is 0.0958. The molecule has 21 nitrogen and oxygen atoms in total. The standard InChI is InChI=1S/C39H67N13O8/c1-5-23(4)32(34(56)49-29(37(59)60)18-22(2)3)50-31(54)21-51(17-14-24-10-12-26(53)13-11-24)36(58)30-19-25(40)20-52(30)35(57)28(9-7-16-47-39(44)45)48-33(55)27(41)8-6-15-46-38(42)43/h10-13,22-23,25,27-30,32,53H,5-9,14-21,40-41H2,1-4H3,(H,48,55)(H,49,56)(H,50,54)(H,59,60)(H4,42,43,46)(H4,44,45,47)/t23-,25-,27-,28-,29-,30-,32-/m0/s1. The lowest BCUT2D eigenvalue weighted by Gasteiger charge is -2.33. The van der Waals surface area contributed by atoms with E-state index in [0.29, 0.717) is 12.8 Å². The number of benzene rings is 1. The first-order valence-corrected chi connectivity index (χ1v) is 20.4. The van der Waals surface area contributed by atoms with Gasteiger partial charge in [0, 0.05) is 32.2 Å². The fraction of sp³-hybridized carbons (Fsp3) is 0.641. The van der Waals surface area contributed by atoms with E-state index in [4.69, 9.17) is 34.4 Å². The van der Waals surface area contributed by atoms with Gasteiger partial charge in [-0.1, -0.05) is 46.2 Å². The SMILES string of the molecule is CC[C@H](C)[C@H](NC(=O)CN(CCc1ccc(O)cc1)C(=O)[C@@H]1C[C@H](N)CN1C(=O)[C@H](CCCN=C(N)N)NC(=O)[C@@H](N)CCCN=C(N)N)C(=O)N[C@@H](CC(C)C)C(=O)O. The van der Waals surface area contributed by atoms with Crippen molar-refractivity contribution in [2.24, 2.45) is 56.2 Å². The van der Waals surface area contributed by atoms with E-state index in [1.54, 1.807) is 19.1 Å². The number of aliphatic carboxylic acids is 1. The van der Waals surface area contributed by atoms with Crippen LogP contribution in [0.4, 0.5) is 0 Å². The topological polar surface area (TPSA) is 366 Å². The number of hydrogen-bond acceptors (Lipinski definition) is 11. The van der Waals surface area contributed by atoms with Crippen LogP contribution in [-0.4, -0.2) is 136 Å². The second kappa shape index (κ2) is 25.0. The molecule has 60 heavy (non-hydrogen) atoms. The van der Waals surface area contributed by atoms with Crippen LogP contribution in [0.25, 0.3) is 0 Å². The number of phenolic OH excluding ortho intramolecular Hbond substituents is 1. The number of carboxylic acids is 1. The van der Waals surface area contributed by atoms with E-state index in [9.17, 15) is 39.0 Å². The smallest absolute Gasteiger partial charge is 0.326 e. The minimum atomic E-state index is -1.20. The van der Waals surface area contributed by atoms with E-state index >= 15 is 0 Å². The van der Waals surface area contributed by atoms with Crippen LogP contribution in [0.3, 0.4) is 0 Å². The number of rotatable bonds is 25. The van der Waals surface area contributed by atoms with Gasteiger partial charge in [-0.05, 0) is 74.5 Å². The fourth-order valence-corrected chi connectivity index (χ4v) is 6.69. The normalized spacial score (nSPS) is 17.4. The number of guanidine groups is 2. The van der Waals surface area contributed by atoms with Crippen molar-refractivity contribution in [2.45, 2.75) is 115 Å². The quantitative estimate of drug-likeness (QED) is 0.0282. The molecule has 21 heteroatoms. The van der Waals surface area contributed by atoms with Crippen molar-refractivity contribution in [1.29, 1.82) is 0 Å². The number of amides is 5. The zero-order chi connectivity index (χ0) is 45.1. The van der Waals surface area contributed by atoms with Gasteiger partial charge in [0.25, 0.3) is 0 Å². The molecular weight excluding hydrogens is 779 g/mol. The van der Waals surface area contributed by atoms with Crippen molar-refractivity contribution < 1.29 is 39.0 Å². The van der Waals surface area contributed by atoms with Gasteiger partial charge in [0.15, 0.2) is 11.9 Å². The van der Waals surface area contributed by atoms with Crippen molar-refractivity contribution >= 4 is 47.4 Å². The summed E-state index contributed by atoms with van der Waals surface area (Å²) in [7, 11) is 0. The number of nitrogens with two attached hydrogens (primary N) is 6. The molecule has 1 fully saturated rings. The molecule has 17 N–H and O–H groups in total. The first-order chi connectivity index (χ1) is 28.2. The summed E-state index contributed by atoms with van der Waals surface area (Å²) in [6.45, 7) is 7.05. The minimum absolute atomic E-state index is 0.00610. The van der Waals surface area contributed by atoms with Crippen molar-refractivity contribution in [2.75, 3.05) is 32.7 Å². The molecule has 0 aliphatic carbocycles. The summed E-state index contributed by atoms with van der Waals surface area (Å²) >= 11 is 0. The molecule has 0 spiro atoms. The number of carboxylic acid groups (broad SMARTS) is 1. The van der Waals surface area contributed by atoms with Gasteiger partial charge < -0.3 is 70.4 Å². The number of carbonyl (C=O) groups excluding carboxylic acids is 5. The van der Waals surface area contributed by atoms with Gasteiger partial charge in [0.05, 0.1) is 12.6 Å². The summed E-state index contributed by atoms with van der Waals surface area (Å²) in [5.74, 6) is -5.03. The van der Waals surface area contributed by atoms with Gasteiger partial charge in [-0.2, -0.15) is 0 Å². The number of nitrogens with zero attached hydrogens (tertiary/aromatic N) is 4. The molecule has 0 unspecified atom stereocenters. The number of nitrogens with one attached hydrogen (secondary N) is 3. The molecule has 0 aromatic heterocycles. The van der Waals surface area contributed by atoms with Crippen molar-refractivity contribution in [3.63, 3.8) is 0 Å².